The minimum atomic E-state index is -0.237. The van der Waals surface area contributed by atoms with Gasteiger partial charge < -0.3 is 9.47 Å². The molecule has 0 radical (unpaired) electrons. The Balaban J connectivity index is 1.07. The Bertz CT molecular complexity index is 2760. The molecule has 0 aliphatic rings. The summed E-state index contributed by atoms with van der Waals surface area (Å²) >= 11 is 0. The van der Waals surface area contributed by atoms with Crippen molar-refractivity contribution in [1.29, 1.82) is 0 Å². The molecule has 10 aromatic rings. The molecule has 10 rings (SSSR count). The van der Waals surface area contributed by atoms with Crippen LogP contribution in [0.3, 0.4) is 0 Å². The van der Waals surface area contributed by atoms with E-state index in [1.54, 1.807) is 0 Å². The van der Waals surface area contributed by atoms with Gasteiger partial charge in [-0.05, 0) is 117 Å². The van der Waals surface area contributed by atoms with E-state index in [0.717, 1.165) is 39.3 Å². The van der Waals surface area contributed by atoms with Crippen LogP contribution in [0.1, 0.15) is 0 Å². The number of hydrogen-bond donors (Lipinski definition) is 0. The van der Waals surface area contributed by atoms with Crippen molar-refractivity contribution in [3.8, 4) is 39.1 Å². The molecule has 3 heteroatoms. The smallest absolute Gasteiger partial charge is 0.123 e. The molecule has 0 saturated carbocycles. The summed E-state index contributed by atoms with van der Waals surface area (Å²) in [6, 6.07) is 69.7. The van der Waals surface area contributed by atoms with E-state index in [1.807, 2.05) is 12.1 Å². The monoisotopic (exact) mass is 680 g/mol. The van der Waals surface area contributed by atoms with E-state index in [0.29, 0.717) is 0 Å². The molecule has 0 N–H and O–H groups in total. The van der Waals surface area contributed by atoms with Gasteiger partial charge in [-0.3, -0.25) is 0 Å². The summed E-state index contributed by atoms with van der Waals surface area (Å²) in [4.78, 5) is 2.32. The molecule has 53 heavy (non-hydrogen) atoms. The largest absolute Gasteiger partial charge is 0.311 e. The van der Waals surface area contributed by atoms with Gasteiger partial charge in [0.1, 0.15) is 5.82 Å². The number of benzene rings is 9. The zero-order chi connectivity index (χ0) is 35.3. The molecule has 0 unspecified atom stereocenters. The van der Waals surface area contributed by atoms with E-state index >= 15 is 0 Å². The van der Waals surface area contributed by atoms with Crippen LogP contribution in [-0.2, 0) is 0 Å². The maximum atomic E-state index is 13.9. The standard InChI is InChI=1S/C50H33FN2/c51-40-21-29-44(30-22-40)53-47-13-7-12-39-20-31-46-45(32-33-48(53)50(46)49(39)47)38-18-27-43(28-19-38)52(41-23-14-36(15-24-41)34-8-3-1-4-9-34)42-25-16-37(17-26-42)35-10-5-2-6-11-35/h1-33H. The minimum absolute atomic E-state index is 0.237. The second kappa shape index (κ2) is 12.7. The van der Waals surface area contributed by atoms with Crippen LogP contribution in [0.15, 0.2) is 200 Å². The lowest BCUT2D eigenvalue weighted by molar-refractivity contribution is 0.627. The molecule has 0 saturated heterocycles. The van der Waals surface area contributed by atoms with Crippen LogP contribution in [0, 0.1) is 5.82 Å². The number of anilines is 3. The first kappa shape index (κ1) is 30.8. The number of nitrogens with zero attached hydrogens (tertiary/aromatic N) is 2. The van der Waals surface area contributed by atoms with Gasteiger partial charge in [0, 0.05) is 33.5 Å². The molecule has 0 fully saturated rings. The highest BCUT2D eigenvalue weighted by Crippen LogP contribution is 2.43. The van der Waals surface area contributed by atoms with Crippen molar-refractivity contribution in [2.24, 2.45) is 0 Å². The van der Waals surface area contributed by atoms with E-state index < -0.39 is 0 Å². The topological polar surface area (TPSA) is 8.17 Å². The van der Waals surface area contributed by atoms with Crippen molar-refractivity contribution in [2.45, 2.75) is 0 Å². The average Bonchev–Trinajstić information content (AvgIpc) is 3.57. The molecular formula is C50H33FN2. The molecule has 0 aliphatic carbocycles. The molecule has 0 amide bonds. The molecule has 9 aromatic carbocycles. The van der Waals surface area contributed by atoms with Gasteiger partial charge in [0.25, 0.3) is 0 Å². The highest BCUT2D eigenvalue weighted by molar-refractivity contribution is 6.26. The van der Waals surface area contributed by atoms with Gasteiger partial charge in [-0.15, -0.1) is 0 Å². The molecule has 0 bridgehead atoms. The number of halogens is 1. The quantitative estimate of drug-likeness (QED) is 0.152. The van der Waals surface area contributed by atoms with E-state index in [1.165, 1.54) is 61.5 Å². The summed E-state index contributed by atoms with van der Waals surface area (Å²) in [6.45, 7) is 0. The van der Waals surface area contributed by atoms with Crippen LogP contribution in [0.2, 0.25) is 0 Å². The summed E-state index contributed by atoms with van der Waals surface area (Å²) < 4.78 is 16.2. The second-order valence-electron chi connectivity index (χ2n) is 13.5. The average molecular weight is 681 g/mol. The second-order valence-corrected chi connectivity index (χ2v) is 13.5. The van der Waals surface area contributed by atoms with Crippen LogP contribution in [0.5, 0.6) is 0 Å². The molecule has 0 aliphatic heterocycles. The number of aromatic nitrogens is 1. The Labute approximate surface area is 307 Å². The Morgan fingerprint density at radius 3 is 1.43 bits per heavy atom. The molecular weight excluding hydrogens is 648 g/mol. The van der Waals surface area contributed by atoms with Crippen LogP contribution in [-0.4, -0.2) is 4.57 Å². The predicted molar refractivity (Wildman–Crippen MR) is 220 cm³/mol. The lowest BCUT2D eigenvalue weighted by Crippen LogP contribution is -2.09. The fourth-order valence-corrected chi connectivity index (χ4v) is 7.91. The van der Waals surface area contributed by atoms with Crippen molar-refractivity contribution < 1.29 is 4.39 Å². The van der Waals surface area contributed by atoms with E-state index in [2.05, 4.69) is 185 Å². The Morgan fingerprint density at radius 1 is 0.358 bits per heavy atom. The third-order valence-electron chi connectivity index (χ3n) is 10.4. The fourth-order valence-electron chi connectivity index (χ4n) is 7.91. The first-order valence-electron chi connectivity index (χ1n) is 18.0. The highest BCUT2D eigenvalue weighted by atomic mass is 19.1. The predicted octanol–water partition coefficient (Wildman–Crippen LogP) is 14.0. The van der Waals surface area contributed by atoms with E-state index in [9.17, 15) is 4.39 Å². The Hall–Kier alpha value is -6.97. The lowest BCUT2D eigenvalue weighted by atomic mass is 9.94. The maximum absolute atomic E-state index is 13.9. The van der Waals surface area contributed by atoms with Gasteiger partial charge in [0.15, 0.2) is 0 Å². The van der Waals surface area contributed by atoms with Gasteiger partial charge >= 0.3 is 0 Å². The van der Waals surface area contributed by atoms with Crippen molar-refractivity contribution in [3.63, 3.8) is 0 Å². The zero-order valence-corrected chi connectivity index (χ0v) is 28.8. The zero-order valence-electron chi connectivity index (χ0n) is 28.8. The third kappa shape index (κ3) is 5.33. The number of hydrogen-bond acceptors (Lipinski definition) is 1. The first-order valence-corrected chi connectivity index (χ1v) is 18.0. The first-order chi connectivity index (χ1) is 26.2. The minimum Gasteiger partial charge on any atom is -0.311 e. The summed E-state index contributed by atoms with van der Waals surface area (Å²) in [5.74, 6) is -0.237. The fraction of sp³-hybridized carbons (Fsp3) is 0. The van der Waals surface area contributed by atoms with Gasteiger partial charge in [-0.25, -0.2) is 4.39 Å². The summed E-state index contributed by atoms with van der Waals surface area (Å²) in [5, 5.41) is 4.85. The summed E-state index contributed by atoms with van der Waals surface area (Å²) in [5.41, 5.74) is 13.5. The number of rotatable bonds is 7. The van der Waals surface area contributed by atoms with Gasteiger partial charge in [-0.2, -0.15) is 0 Å². The summed E-state index contributed by atoms with van der Waals surface area (Å²) in [7, 11) is 0. The molecule has 0 spiro atoms. The maximum Gasteiger partial charge on any atom is 0.123 e. The van der Waals surface area contributed by atoms with Crippen LogP contribution in [0.4, 0.5) is 21.5 Å². The molecule has 250 valence electrons. The van der Waals surface area contributed by atoms with Gasteiger partial charge in [0.05, 0.1) is 11.0 Å². The molecule has 0 atom stereocenters. The van der Waals surface area contributed by atoms with Crippen molar-refractivity contribution in [3.05, 3.63) is 206 Å². The van der Waals surface area contributed by atoms with Gasteiger partial charge in [-0.1, -0.05) is 127 Å². The van der Waals surface area contributed by atoms with E-state index in [-0.39, 0.29) is 5.82 Å². The van der Waals surface area contributed by atoms with Crippen LogP contribution >= 0.6 is 0 Å². The molecule has 2 nitrogen and oxygen atoms in total. The van der Waals surface area contributed by atoms with Crippen molar-refractivity contribution in [2.75, 3.05) is 4.90 Å². The van der Waals surface area contributed by atoms with Crippen LogP contribution in [0.25, 0.3) is 71.6 Å². The van der Waals surface area contributed by atoms with Crippen molar-refractivity contribution >= 4 is 49.6 Å². The molecule has 1 aromatic heterocycles. The third-order valence-corrected chi connectivity index (χ3v) is 10.4. The molecule has 1 heterocycles. The Morgan fingerprint density at radius 2 is 0.868 bits per heavy atom. The van der Waals surface area contributed by atoms with E-state index in [4.69, 9.17) is 0 Å². The normalized spacial score (nSPS) is 11.5. The summed E-state index contributed by atoms with van der Waals surface area (Å²) in [6.07, 6.45) is 0. The lowest BCUT2D eigenvalue weighted by Gasteiger charge is -2.26. The van der Waals surface area contributed by atoms with Gasteiger partial charge in [0.2, 0.25) is 0 Å². The van der Waals surface area contributed by atoms with Crippen LogP contribution < -0.4 is 4.90 Å². The Kier molecular flexibility index (Phi) is 7.36. The SMILES string of the molecule is Fc1ccc(-n2c3cccc4ccc5c(-c6ccc(N(c7ccc(-c8ccccc8)cc7)c7ccc(-c8ccccc8)cc7)cc6)ccc2c5c43)cc1. The highest BCUT2D eigenvalue weighted by Gasteiger charge is 2.20. The van der Waals surface area contributed by atoms with Crippen molar-refractivity contribution in [1.82, 2.24) is 4.57 Å².